The molecule has 0 spiro atoms. The number of halogens is 3. The molecule has 0 saturated heterocycles. The fraction of sp³-hybridized carbons (Fsp3) is 0.0476. The van der Waals surface area contributed by atoms with E-state index in [9.17, 15) is 23.1 Å². The first-order valence-corrected chi connectivity index (χ1v) is 8.97. The van der Waals surface area contributed by atoms with E-state index in [1.165, 1.54) is 24.5 Å². The summed E-state index contributed by atoms with van der Waals surface area (Å²) in [7, 11) is 0. The van der Waals surface area contributed by atoms with Crippen molar-refractivity contribution < 1.29 is 27.5 Å². The van der Waals surface area contributed by atoms with Crippen LogP contribution in [0.1, 0.15) is 15.9 Å². The number of fused-ring (bicyclic) bond motifs is 3. The fourth-order valence-corrected chi connectivity index (χ4v) is 3.34. The Morgan fingerprint density at radius 3 is 2.52 bits per heavy atom. The summed E-state index contributed by atoms with van der Waals surface area (Å²) < 4.78 is 44.5. The summed E-state index contributed by atoms with van der Waals surface area (Å²) in [5, 5.41) is 18.5. The first kappa shape index (κ1) is 18.8. The quantitative estimate of drug-likeness (QED) is 0.441. The lowest BCUT2D eigenvalue weighted by molar-refractivity contribution is -0.137. The van der Waals surface area contributed by atoms with E-state index in [0.717, 1.165) is 16.9 Å². The predicted octanol–water partition coefficient (Wildman–Crippen LogP) is 4.95. The molecule has 5 rings (SSSR count). The van der Waals surface area contributed by atoms with E-state index in [2.05, 4.69) is 15.2 Å². The predicted molar refractivity (Wildman–Crippen MR) is 104 cm³/mol. The maximum Gasteiger partial charge on any atom is 0.416 e. The molecule has 0 saturated carbocycles. The van der Waals surface area contributed by atoms with Crippen LogP contribution in [0.4, 0.5) is 13.2 Å². The highest BCUT2D eigenvalue weighted by Gasteiger charge is 2.30. The van der Waals surface area contributed by atoms with Crippen LogP contribution in [0.15, 0.2) is 65.3 Å². The second-order valence-corrected chi connectivity index (χ2v) is 6.70. The number of carboxylic acid groups (broad SMARTS) is 1. The average Bonchev–Trinajstić information content (AvgIpc) is 3.42. The Hall–Kier alpha value is -4.21. The number of benzene rings is 2. The van der Waals surface area contributed by atoms with E-state index in [0.29, 0.717) is 22.5 Å². The number of hydrogen-bond acceptors (Lipinski definition) is 5. The zero-order chi connectivity index (χ0) is 21.8. The van der Waals surface area contributed by atoms with Crippen molar-refractivity contribution in [3.8, 4) is 17.1 Å². The molecule has 0 radical (unpaired) electrons. The van der Waals surface area contributed by atoms with Crippen LogP contribution in [0.2, 0.25) is 0 Å². The van der Waals surface area contributed by atoms with Crippen molar-refractivity contribution in [3.63, 3.8) is 0 Å². The number of hydrogen-bond donors (Lipinski definition) is 1. The average molecular weight is 424 g/mol. The number of pyridine rings is 1. The zero-order valence-electron chi connectivity index (χ0n) is 15.5. The van der Waals surface area contributed by atoms with E-state index in [1.807, 2.05) is 0 Å². The summed E-state index contributed by atoms with van der Waals surface area (Å²) in [5.41, 5.74) is 0.390. The molecular weight excluding hydrogens is 413 g/mol. The van der Waals surface area contributed by atoms with Gasteiger partial charge in [0.15, 0.2) is 5.76 Å². The maximum absolute atomic E-state index is 13.1. The molecule has 5 aromatic rings. The van der Waals surface area contributed by atoms with Crippen molar-refractivity contribution in [3.05, 3.63) is 72.0 Å². The van der Waals surface area contributed by atoms with Crippen molar-refractivity contribution in [2.75, 3.05) is 0 Å². The van der Waals surface area contributed by atoms with Crippen molar-refractivity contribution in [1.82, 2.24) is 20.0 Å². The van der Waals surface area contributed by atoms with Crippen molar-refractivity contribution in [2.24, 2.45) is 0 Å². The van der Waals surface area contributed by atoms with Gasteiger partial charge in [-0.25, -0.2) is 9.78 Å². The lowest BCUT2D eigenvalue weighted by Gasteiger charge is -2.07. The molecule has 3 aromatic heterocycles. The second-order valence-electron chi connectivity index (χ2n) is 6.70. The van der Waals surface area contributed by atoms with Gasteiger partial charge in [-0.3, -0.25) is 0 Å². The van der Waals surface area contributed by atoms with Crippen LogP contribution in [0, 0.1) is 0 Å². The molecule has 0 aliphatic heterocycles. The Kier molecular flexibility index (Phi) is 4.04. The van der Waals surface area contributed by atoms with Crippen LogP contribution in [0.25, 0.3) is 39.1 Å². The van der Waals surface area contributed by atoms with Gasteiger partial charge in [0.25, 0.3) is 0 Å². The molecule has 0 unspecified atom stereocenters. The molecule has 0 amide bonds. The molecule has 0 bridgehead atoms. The van der Waals surface area contributed by atoms with Crippen LogP contribution < -0.4 is 0 Å². The van der Waals surface area contributed by atoms with Gasteiger partial charge in [-0.1, -0.05) is 6.07 Å². The first-order chi connectivity index (χ1) is 14.8. The number of alkyl halides is 3. The van der Waals surface area contributed by atoms with E-state index < -0.39 is 17.7 Å². The summed E-state index contributed by atoms with van der Waals surface area (Å²) in [5.74, 6) is -0.807. The van der Waals surface area contributed by atoms with Gasteiger partial charge in [-0.05, 0) is 48.5 Å². The lowest BCUT2D eigenvalue weighted by Crippen LogP contribution is -2.07. The molecule has 0 fully saturated rings. The van der Waals surface area contributed by atoms with E-state index in [4.69, 9.17) is 4.42 Å². The monoisotopic (exact) mass is 424 g/mol. The minimum absolute atomic E-state index is 0.0712. The van der Waals surface area contributed by atoms with Gasteiger partial charge in [0, 0.05) is 5.39 Å². The van der Waals surface area contributed by atoms with Gasteiger partial charge in [-0.15, -0.1) is 10.2 Å². The molecule has 0 aliphatic carbocycles. The highest BCUT2D eigenvalue weighted by molar-refractivity contribution is 6.13. The summed E-state index contributed by atoms with van der Waals surface area (Å²) in [6, 6.07) is 12.4. The minimum atomic E-state index is -4.52. The first-order valence-electron chi connectivity index (χ1n) is 8.97. The third kappa shape index (κ3) is 3.18. The molecular formula is C21H11F3N4O3. The van der Waals surface area contributed by atoms with Gasteiger partial charge in [-0.2, -0.15) is 18.0 Å². The number of rotatable bonds is 3. The van der Waals surface area contributed by atoms with Crippen LogP contribution in [-0.2, 0) is 6.18 Å². The normalized spacial score (nSPS) is 12.0. The highest BCUT2D eigenvalue weighted by Crippen LogP contribution is 2.32. The summed E-state index contributed by atoms with van der Waals surface area (Å²) in [6.07, 6.45) is -3.07. The molecule has 7 nitrogen and oxygen atoms in total. The minimum Gasteiger partial charge on any atom is -0.478 e. The number of aromatic nitrogens is 4. The Bertz CT molecular complexity index is 1460. The van der Waals surface area contributed by atoms with Crippen LogP contribution in [-0.4, -0.2) is 31.1 Å². The van der Waals surface area contributed by atoms with Gasteiger partial charge >= 0.3 is 12.1 Å². The summed E-state index contributed by atoms with van der Waals surface area (Å²) in [6.45, 7) is 0. The molecule has 154 valence electrons. The van der Waals surface area contributed by atoms with Crippen molar-refractivity contribution in [1.29, 1.82) is 0 Å². The van der Waals surface area contributed by atoms with Gasteiger partial charge in [0.1, 0.15) is 16.7 Å². The lowest BCUT2D eigenvalue weighted by atomic mass is 10.1. The Balaban J connectivity index is 1.74. The SMILES string of the molecule is O=C(O)c1cc(-c2ccco2)nc2ccc3nn(-c4cccc(C(F)(F)F)c4)nc3c12. The second kappa shape index (κ2) is 6.66. The number of furan rings is 1. The smallest absolute Gasteiger partial charge is 0.416 e. The third-order valence-corrected chi connectivity index (χ3v) is 4.73. The number of carboxylic acids is 1. The van der Waals surface area contributed by atoms with E-state index in [-0.39, 0.29) is 22.2 Å². The molecule has 0 aliphatic rings. The number of nitrogens with zero attached hydrogens (tertiary/aromatic N) is 4. The van der Waals surface area contributed by atoms with Crippen molar-refractivity contribution in [2.45, 2.75) is 6.18 Å². The Morgan fingerprint density at radius 2 is 1.81 bits per heavy atom. The van der Waals surface area contributed by atoms with E-state index in [1.54, 1.807) is 24.3 Å². The summed E-state index contributed by atoms with van der Waals surface area (Å²) >= 11 is 0. The molecule has 2 aromatic carbocycles. The van der Waals surface area contributed by atoms with Crippen LogP contribution >= 0.6 is 0 Å². The van der Waals surface area contributed by atoms with Gasteiger partial charge in [0.2, 0.25) is 0 Å². The topological polar surface area (TPSA) is 94.0 Å². The summed E-state index contributed by atoms with van der Waals surface area (Å²) in [4.78, 5) is 17.5. The van der Waals surface area contributed by atoms with Crippen molar-refractivity contribution >= 4 is 27.9 Å². The maximum atomic E-state index is 13.1. The molecule has 3 heterocycles. The van der Waals surface area contributed by atoms with Gasteiger partial charge < -0.3 is 9.52 Å². The molecule has 10 heteroatoms. The van der Waals surface area contributed by atoms with Gasteiger partial charge in [0.05, 0.1) is 28.6 Å². The molecule has 1 N–H and O–H groups in total. The number of aromatic carboxylic acids is 1. The van der Waals surface area contributed by atoms with Crippen LogP contribution in [0.5, 0.6) is 0 Å². The molecule has 0 atom stereocenters. The zero-order valence-corrected chi connectivity index (χ0v) is 15.5. The van der Waals surface area contributed by atoms with E-state index >= 15 is 0 Å². The fourth-order valence-electron chi connectivity index (χ4n) is 3.34. The number of carbonyl (C=O) groups is 1. The third-order valence-electron chi connectivity index (χ3n) is 4.73. The Morgan fingerprint density at radius 1 is 1.00 bits per heavy atom. The molecule has 31 heavy (non-hydrogen) atoms. The largest absolute Gasteiger partial charge is 0.478 e. The van der Waals surface area contributed by atoms with Crippen LogP contribution in [0.3, 0.4) is 0 Å². The highest BCUT2D eigenvalue weighted by atomic mass is 19.4. The Labute approximate surface area is 171 Å². The standard InChI is InChI=1S/C21H11F3N4O3/c22-21(23,24)11-3-1-4-12(9-11)28-26-15-7-6-14-18(19(15)27-28)13(20(29)30)10-16(25-14)17-5-2-8-31-17/h1-10H,(H,29,30).